The Kier molecular flexibility index (Phi) is 5.10. The topological polar surface area (TPSA) is 67.4 Å². The first-order valence-corrected chi connectivity index (χ1v) is 8.02. The van der Waals surface area contributed by atoms with Crippen LogP contribution in [0.4, 0.5) is 0 Å². The summed E-state index contributed by atoms with van der Waals surface area (Å²) >= 11 is 1.81. The van der Waals surface area contributed by atoms with Crippen LogP contribution in [0, 0.1) is 0 Å². The van der Waals surface area contributed by atoms with Gasteiger partial charge in [-0.3, -0.25) is 9.59 Å². The van der Waals surface area contributed by atoms with Gasteiger partial charge in [-0.1, -0.05) is 12.8 Å². The van der Waals surface area contributed by atoms with Crippen LogP contribution in [0.1, 0.15) is 32.1 Å². The second-order valence-electron chi connectivity index (χ2n) is 5.33. The summed E-state index contributed by atoms with van der Waals surface area (Å²) < 4.78 is 5.50. The van der Waals surface area contributed by atoms with E-state index in [4.69, 9.17) is 4.74 Å². The van der Waals surface area contributed by atoms with Crippen molar-refractivity contribution in [1.29, 1.82) is 0 Å². The van der Waals surface area contributed by atoms with Crippen molar-refractivity contribution in [3.05, 3.63) is 0 Å². The Morgan fingerprint density at radius 3 is 2.63 bits per heavy atom. The van der Waals surface area contributed by atoms with E-state index < -0.39 is 11.8 Å². The van der Waals surface area contributed by atoms with Gasteiger partial charge >= 0.3 is 11.8 Å². The number of rotatable bonds is 4. The molecule has 1 heterocycles. The number of methoxy groups -OCH3 is 1. The molecule has 2 fully saturated rings. The van der Waals surface area contributed by atoms with Gasteiger partial charge in [0.1, 0.15) is 0 Å². The van der Waals surface area contributed by atoms with Crippen molar-refractivity contribution in [3.63, 3.8) is 0 Å². The summed E-state index contributed by atoms with van der Waals surface area (Å²) in [6, 6.07) is 0.177. The van der Waals surface area contributed by atoms with Crippen molar-refractivity contribution in [1.82, 2.24) is 10.6 Å². The summed E-state index contributed by atoms with van der Waals surface area (Å²) in [5.74, 6) is 0.857. The Morgan fingerprint density at radius 2 is 2.05 bits per heavy atom. The van der Waals surface area contributed by atoms with E-state index in [0.717, 1.165) is 43.6 Å². The Bertz CT molecular complexity index is 337. The van der Waals surface area contributed by atoms with Gasteiger partial charge in [-0.2, -0.15) is 11.8 Å². The lowest BCUT2D eigenvalue weighted by molar-refractivity contribution is -0.140. The van der Waals surface area contributed by atoms with Gasteiger partial charge in [-0.25, -0.2) is 0 Å². The number of hydrogen-bond acceptors (Lipinski definition) is 4. The van der Waals surface area contributed by atoms with Crippen molar-refractivity contribution < 1.29 is 14.3 Å². The zero-order chi connectivity index (χ0) is 13.7. The number of ether oxygens (including phenoxy) is 1. The first-order valence-electron chi connectivity index (χ1n) is 6.87. The van der Waals surface area contributed by atoms with Gasteiger partial charge < -0.3 is 15.4 Å². The van der Waals surface area contributed by atoms with E-state index in [-0.39, 0.29) is 11.6 Å². The van der Waals surface area contributed by atoms with E-state index in [2.05, 4.69) is 10.6 Å². The predicted molar refractivity (Wildman–Crippen MR) is 75.1 cm³/mol. The van der Waals surface area contributed by atoms with E-state index in [1.807, 2.05) is 11.8 Å². The molecular formula is C13H22N2O3S. The predicted octanol–water partition coefficient (Wildman–Crippen LogP) is 0.683. The number of carbonyl (C=O) groups excluding carboxylic acids is 2. The normalized spacial score (nSPS) is 27.4. The summed E-state index contributed by atoms with van der Waals surface area (Å²) in [5, 5.41) is 5.49. The second-order valence-corrected chi connectivity index (χ2v) is 6.43. The fourth-order valence-electron chi connectivity index (χ4n) is 2.60. The molecule has 0 aromatic heterocycles. The zero-order valence-electron chi connectivity index (χ0n) is 11.4. The van der Waals surface area contributed by atoms with E-state index >= 15 is 0 Å². The largest absolute Gasteiger partial charge is 0.376 e. The number of thioether (sulfide) groups is 1. The van der Waals surface area contributed by atoms with Gasteiger partial charge in [-0.15, -0.1) is 0 Å². The first kappa shape index (κ1) is 14.7. The van der Waals surface area contributed by atoms with Gasteiger partial charge in [0.25, 0.3) is 0 Å². The minimum atomic E-state index is -0.541. The number of carbonyl (C=O) groups is 2. The molecule has 1 atom stereocenters. The maximum atomic E-state index is 11.8. The van der Waals surface area contributed by atoms with Crippen LogP contribution in [0.3, 0.4) is 0 Å². The zero-order valence-corrected chi connectivity index (χ0v) is 12.2. The second kappa shape index (κ2) is 6.61. The molecule has 2 rings (SSSR count). The Labute approximate surface area is 118 Å². The van der Waals surface area contributed by atoms with Gasteiger partial charge in [0.05, 0.1) is 5.60 Å². The summed E-state index contributed by atoms with van der Waals surface area (Å²) in [5.41, 5.74) is -0.298. The van der Waals surface area contributed by atoms with Gasteiger partial charge in [-0.05, 0) is 25.0 Å². The van der Waals surface area contributed by atoms with E-state index in [9.17, 15) is 9.59 Å². The molecule has 0 aromatic rings. The Hall–Kier alpha value is -0.750. The smallest absolute Gasteiger partial charge is 0.309 e. The van der Waals surface area contributed by atoms with Crippen LogP contribution >= 0.6 is 11.8 Å². The van der Waals surface area contributed by atoms with Crippen LogP contribution in [-0.2, 0) is 14.3 Å². The molecule has 2 N–H and O–H groups in total. The molecule has 5 nitrogen and oxygen atoms in total. The molecule has 2 aliphatic rings. The lowest BCUT2D eigenvalue weighted by Crippen LogP contribution is -2.50. The molecule has 1 saturated carbocycles. The van der Waals surface area contributed by atoms with Crippen molar-refractivity contribution in [2.45, 2.75) is 43.7 Å². The van der Waals surface area contributed by atoms with Crippen LogP contribution in [0.25, 0.3) is 0 Å². The van der Waals surface area contributed by atoms with Gasteiger partial charge in [0.15, 0.2) is 0 Å². The molecule has 1 unspecified atom stereocenters. The third-order valence-corrected chi connectivity index (χ3v) is 5.19. The minimum Gasteiger partial charge on any atom is -0.376 e. The maximum absolute atomic E-state index is 11.8. The average Bonchev–Trinajstić information content (AvgIpc) is 3.07. The molecule has 0 bridgehead atoms. The third kappa shape index (κ3) is 3.86. The monoisotopic (exact) mass is 286 g/mol. The molecular weight excluding hydrogens is 264 g/mol. The highest BCUT2D eigenvalue weighted by molar-refractivity contribution is 7.99. The van der Waals surface area contributed by atoms with E-state index in [1.165, 1.54) is 0 Å². The van der Waals surface area contributed by atoms with Crippen LogP contribution < -0.4 is 10.6 Å². The summed E-state index contributed by atoms with van der Waals surface area (Å²) in [7, 11) is 1.66. The van der Waals surface area contributed by atoms with E-state index in [1.54, 1.807) is 7.11 Å². The molecule has 0 spiro atoms. The molecule has 1 aliphatic heterocycles. The summed E-state index contributed by atoms with van der Waals surface area (Å²) in [6.07, 6.45) is 5.15. The van der Waals surface area contributed by atoms with Crippen molar-refractivity contribution in [2.75, 3.05) is 25.2 Å². The molecule has 1 saturated heterocycles. The molecule has 6 heteroatoms. The maximum Gasteiger partial charge on any atom is 0.309 e. The molecule has 0 aromatic carbocycles. The Balaban J connectivity index is 1.75. The van der Waals surface area contributed by atoms with E-state index in [0.29, 0.717) is 6.54 Å². The van der Waals surface area contributed by atoms with Crippen LogP contribution in [0.5, 0.6) is 0 Å². The van der Waals surface area contributed by atoms with Crippen LogP contribution in [0.2, 0.25) is 0 Å². The molecule has 1 aliphatic carbocycles. The number of nitrogens with one attached hydrogen (secondary N) is 2. The number of amides is 2. The minimum absolute atomic E-state index is 0.177. The highest BCUT2D eigenvalue weighted by atomic mass is 32.2. The Morgan fingerprint density at radius 1 is 1.32 bits per heavy atom. The fraction of sp³-hybridized carbons (Fsp3) is 0.846. The summed E-state index contributed by atoms with van der Waals surface area (Å²) in [4.78, 5) is 23.5. The van der Waals surface area contributed by atoms with Gasteiger partial charge in [0.2, 0.25) is 0 Å². The van der Waals surface area contributed by atoms with Crippen molar-refractivity contribution >= 4 is 23.6 Å². The highest BCUT2D eigenvalue weighted by Gasteiger charge is 2.35. The lowest BCUT2D eigenvalue weighted by Gasteiger charge is -2.26. The molecule has 0 radical (unpaired) electrons. The third-order valence-electron chi connectivity index (χ3n) is 3.97. The number of hydrogen-bond donors (Lipinski definition) is 2. The lowest BCUT2D eigenvalue weighted by atomic mass is 10.0. The van der Waals surface area contributed by atoms with Crippen molar-refractivity contribution in [3.8, 4) is 0 Å². The van der Waals surface area contributed by atoms with Crippen LogP contribution in [-0.4, -0.2) is 48.6 Å². The fourth-order valence-corrected chi connectivity index (χ4v) is 4.00. The molecule has 2 amide bonds. The van der Waals surface area contributed by atoms with Crippen LogP contribution in [0.15, 0.2) is 0 Å². The quantitative estimate of drug-likeness (QED) is 0.746. The summed E-state index contributed by atoms with van der Waals surface area (Å²) in [6.45, 7) is 0.410. The first-order chi connectivity index (χ1) is 9.15. The van der Waals surface area contributed by atoms with Gasteiger partial charge in [0, 0.05) is 25.4 Å². The van der Waals surface area contributed by atoms with Crippen molar-refractivity contribution in [2.24, 2.45) is 0 Å². The SMILES string of the molecule is COC1(CNC(=O)C(=O)NC2CCCC2)CCSC1. The average molecular weight is 286 g/mol. The highest BCUT2D eigenvalue weighted by Crippen LogP contribution is 2.30. The molecule has 19 heavy (non-hydrogen) atoms. The standard InChI is InChI=1S/C13H22N2O3S/c1-18-13(6-7-19-9-13)8-14-11(16)12(17)15-10-4-2-3-5-10/h10H,2-9H2,1H3,(H,14,16)(H,15,17). The molecule has 108 valence electrons.